The fourth-order valence-corrected chi connectivity index (χ4v) is 4.18. The van der Waals surface area contributed by atoms with Crippen molar-refractivity contribution in [3.63, 3.8) is 0 Å². The van der Waals surface area contributed by atoms with Crippen LogP contribution in [0.1, 0.15) is 43.1 Å². The molecule has 0 bridgehead atoms. The first-order valence-electron chi connectivity index (χ1n) is 11.8. The third kappa shape index (κ3) is 5.11. The molecule has 4 rings (SSSR count). The average Bonchev–Trinajstić information content (AvgIpc) is 3.26. The molecule has 1 aliphatic carbocycles. The Kier molecular flexibility index (Phi) is 7.44. The standard InChI is InChI=1S/C27H28N8O2/c1-5-7-9-21(29-3)32-27(37)18-12-10-17(11-13-18)24-23-25(28)30-16-31-26(23)35(33-24)20-14-19(15-20)34(4)22(36)8-6-2/h5,7,9-13,16,19-20H,3,14-15H2,1-2,4H3,(H,32,37)(H2,28,30,31)/b7-5-,21-9+. The number of hydrogen-bond donors (Lipinski definition) is 2. The number of allylic oxidation sites excluding steroid dienone is 3. The second-order valence-corrected chi connectivity index (χ2v) is 8.59. The maximum atomic E-state index is 12.6. The predicted octanol–water partition coefficient (Wildman–Crippen LogP) is 3.11. The molecule has 0 unspecified atom stereocenters. The number of nitrogens with one attached hydrogen (secondary N) is 1. The first-order chi connectivity index (χ1) is 17.9. The van der Waals surface area contributed by atoms with Crippen LogP contribution in [0.5, 0.6) is 0 Å². The van der Waals surface area contributed by atoms with Crippen LogP contribution < -0.4 is 11.1 Å². The molecule has 3 N–H and O–H groups in total. The van der Waals surface area contributed by atoms with Gasteiger partial charge in [0.2, 0.25) is 0 Å². The minimum absolute atomic E-state index is 0.0548. The van der Waals surface area contributed by atoms with Crippen LogP contribution in [0.2, 0.25) is 0 Å². The van der Waals surface area contributed by atoms with E-state index in [9.17, 15) is 9.59 Å². The number of nitrogens with zero attached hydrogens (tertiary/aromatic N) is 6. The smallest absolute Gasteiger partial charge is 0.298 e. The van der Waals surface area contributed by atoms with E-state index in [-0.39, 0.29) is 23.9 Å². The zero-order valence-corrected chi connectivity index (χ0v) is 21.0. The van der Waals surface area contributed by atoms with Gasteiger partial charge in [-0.15, -0.1) is 0 Å². The van der Waals surface area contributed by atoms with Gasteiger partial charge in [-0.05, 0) is 57.5 Å². The van der Waals surface area contributed by atoms with Crippen LogP contribution in [0.15, 0.2) is 59.6 Å². The van der Waals surface area contributed by atoms with E-state index in [1.54, 1.807) is 43.2 Å². The lowest BCUT2D eigenvalue weighted by Crippen LogP contribution is -2.46. The molecule has 1 aromatic carbocycles. The third-order valence-corrected chi connectivity index (χ3v) is 6.33. The summed E-state index contributed by atoms with van der Waals surface area (Å²) in [6.07, 6.45) is 8.13. The van der Waals surface area contributed by atoms with Crippen molar-refractivity contribution in [2.45, 2.75) is 38.8 Å². The van der Waals surface area contributed by atoms with Crippen LogP contribution in [0, 0.1) is 11.8 Å². The van der Waals surface area contributed by atoms with E-state index >= 15 is 0 Å². The number of carbonyl (C=O) groups is 2. The van der Waals surface area contributed by atoms with Crippen molar-refractivity contribution in [2.24, 2.45) is 4.99 Å². The fraction of sp³-hybridized carbons (Fsp3) is 0.259. The maximum absolute atomic E-state index is 12.6. The highest BCUT2D eigenvalue weighted by molar-refractivity contribution is 6.00. The van der Waals surface area contributed by atoms with Gasteiger partial charge in [0.05, 0.1) is 11.4 Å². The van der Waals surface area contributed by atoms with E-state index in [4.69, 9.17) is 10.8 Å². The van der Waals surface area contributed by atoms with Gasteiger partial charge in [-0.25, -0.2) is 19.6 Å². The Hall–Kier alpha value is -4.78. The van der Waals surface area contributed by atoms with Crippen LogP contribution >= 0.6 is 0 Å². The first-order valence-corrected chi connectivity index (χ1v) is 11.8. The number of nitrogen functional groups attached to an aromatic ring is 1. The molecule has 1 aliphatic rings. The number of fused-ring (bicyclic) bond motifs is 1. The Morgan fingerprint density at radius 3 is 2.65 bits per heavy atom. The summed E-state index contributed by atoms with van der Waals surface area (Å²) < 4.78 is 1.86. The topological polar surface area (TPSA) is 131 Å². The molecule has 188 valence electrons. The normalized spacial score (nSPS) is 17.1. The van der Waals surface area contributed by atoms with Gasteiger partial charge in [0, 0.05) is 24.2 Å². The van der Waals surface area contributed by atoms with Gasteiger partial charge in [0.15, 0.2) is 5.65 Å². The molecule has 0 aliphatic heterocycles. The van der Waals surface area contributed by atoms with Gasteiger partial charge >= 0.3 is 0 Å². The molecule has 0 atom stereocenters. The number of carbonyl (C=O) groups excluding carboxylic acids is 2. The van der Waals surface area contributed by atoms with Gasteiger partial charge in [0.25, 0.3) is 11.8 Å². The summed E-state index contributed by atoms with van der Waals surface area (Å²) in [5.41, 5.74) is 8.73. The minimum atomic E-state index is -0.306. The van der Waals surface area contributed by atoms with E-state index in [2.05, 4.69) is 38.8 Å². The lowest BCUT2D eigenvalue weighted by molar-refractivity contribution is -0.128. The molecule has 0 spiro atoms. The lowest BCUT2D eigenvalue weighted by Gasteiger charge is -2.40. The number of benzene rings is 1. The van der Waals surface area contributed by atoms with E-state index in [0.717, 1.165) is 18.4 Å². The molecular weight excluding hydrogens is 468 g/mol. The van der Waals surface area contributed by atoms with Crippen LogP contribution in [0.4, 0.5) is 5.82 Å². The Balaban J connectivity index is 1.59. The van der Waals surface area contributed by atoms with Gasteiger partial charge in [-0.3, -0.25) is 9.59 Å². The van der Waals surface area contributed by atoms with Crippen molar-refractivity contribution < 1.29 is 9.59 Å². The summed E-state index contributed by atoms with van der Waals surface area (Å²) >= 11 is 0. The monoisotopic (exact) mass is 496 g/mol. The van der Waals surface area contributed by atoms with Crippen LogP contribution in [0.3, 0.4) is 0 Å². The quantitative estimate of drug-likeness (QED) is 0.294. The Morgan fingerprint density at radius 1 is 1.27 bits per heavy atom. The van der Waals surface area contributed by atoms with Gasteiger partial charge in [0.1, 0.15) is 23.7 Å². The molecule has 10 nitrogen and oxygen atoms in total. The van der Waals surface area contributed by atoms with E-state index in [1.165, 1.54) is 6.33 Å². The van der Waals surface area contributed by atoms with Gasteiger partial charge in [-0.1, -0.05) is 30.2 Å². The Morgan fingerprint density at radius 2 is 2.00 bits per heavy atom. The zero-order valence-electron chi connectivity index (χ0n) is 21.0. The number of hydrogen-bond acceptors (Lipinski definition) is 7. The molecule has 10 heteroatoms. The van der Waals surface area contributed by atoms with Crippen molar-refractivity contribution in [3.05, 3.63) is 60.2 Å². The second kappa shape index (κ2) is 10.9. The summed E-state index contributed by atoms with van der Waals surface area (Å²) in [4.78, 5) is 38.9. The van der Waals surface area contributed by atoms with Crippen LogP contribution in [-0.2, 0) is 4.79 Å². The average molecular weight is 497 g/mol. The van der Waals surface area contributed by atoms with Crippen molar-refractivity contribution in [3.8, 4) is 23.1 Å². The molecule has 0 radical (unpaired) electrons. The highest BCUT2D eigenvalue weighted by Gasteiger charge is 2.37. The number of rotatable bonds is 7. The molecule has 3 aromatic rings. The number of aromatic nitrogens is 4. The Bertz CT molecular complexity index is 1470. The zero-order chi connectivity index (χ0) is 26.5. The number of aliphatic imine (C=N–C) groups is 1. The molecule has 37 heavy (non-hydrogen) atoms. The van der Waals surface area contributed by atoms with Crippen molar-refractivity contribution in [1.82, 2.24) is 30.0 Å². The van der Waals surface area contributed by atoms with Crippen LogP contribution in [0.25, 0.3) is 22.3 Å². The number of anilines is 1. The SMILES string of the molecule is C=N/C(=C\C=C/C)NC(=O)c1ccc(-c2nn(C3CC(N(C)C(=O)C#CC)C3)c3ncnc(N)c23)cc1. The van der Waals surface area contributed by atoms with E-state index in [1.807, 2.05) is 29.8 Å². The minimum Gasteiger partial charge on any atom is -0.383 e. The maximum Gasteiger partial charge on any atom is 0.298 e. The summed E-state index contributed by atoms with van der Waals surface area (Å²) in [6.45, 7) is 7.00. The molecule has 2 heterocycles. The Labute approximate surface area is 215 Å². The first kappa shape index (κ1) is 25.3. The van der Waals surface area contributed by atoms with Gasteiger partial charge < -0.3 is 16.0 Å². The second-order valence-electron chi connectivity index (χ2n) is 8.59. The van der Waals surface area contributed by atoms with E-state index in [0.29, 0.717) is 33.9 Å². The predicted molar refractivity (Wildman–Crippen MR) is 143 cm³/mol. The highest BCUT2D eigenvalue weighted by Crippen LogP contribution is 2.39. The molecular formula is C27H28N8O2. The van der Waals surface area contributed by atoms with Crippen molar-refractivity contribution >= 4 is 35.4 Å². The largest absolute Gasteiger partial charge is 0.383 e. The fourth-order valence-electron chi connectivity index (χ4n) is 4.18. The number of nitrogens with two attached hydrogens (primary N) is 1. The third-order valence-electron chi connectivity index (χ3n) is 6.33. The lowest BCUT2D eigenvalue weighted by atomic mass is 9.85. The van der Waals surface area contributed by atoms with E-state index < -0.39 is 0 Å². The summed E-state index contributed by atoms with van der Waals surface area (Å²) in [5, 5.41) is 8.22. The molecule has 0 saturated heterocycles. The molecule has 2 amide bonds. The van der Waals surface area contributed by atoms with Crippen molar-refractivity contribution in [1.29, 1.82) is 0 Å². The summed E-state index contributed by atoms with van der Waals surface area (Å²) in [6, 6.07) is 7.17. The molecule has 2 aromatic heterocycles. The highest BCUT2D eigenvalue weighted by atomic mass is 16.2. The molecule has 1 fully saturated rings. The summed E-state index contributed by atoms with van der Waals surface area (Å²) in [5.74, 6) is 5.41. The van der Waals surface area contributed by atoms with Crippen LogP contribution in [-0.4, -0.2) is 56.3 Å². The van der Waals surface area contributed by atoms with Gasteiger partial charge in [-0.2, -0.15) is 5.10 Å². The van der Waals surface area contributed by atoms with Crippen molar-refractivity contribution in [2.75, 3.05) is 12.8 Å². The molecule has 1 saturated carbocycles. The number of amides is 2. The summed E-state index contributed by atoms with van der Waals surface area (Å²) in [7, 11) is 1.77.